The van der Waals surface area contributed by atoms with Gasteiger partial charge in [-0.05, 0) is 85.6 Å². The van der Waals surface area contributed by atoms with E-state index in [4.69, 9.17) is 12.2 Å². The van der Waals surface area contributed by atoms with Crippen molar-refractivity contribution >= 4 is 23.0 Å². The van der Waals surface area contributed by atoms with Gasteiger partial charge in [-0.15, -0.1) is 0 Å². The summed E-state index contributed by atoms with van der Waals surface area (Å²) in [4.78, 5) is 11.2. The number of pyridine rings is 2. The number of hydrogen-bond acceptors (Lipinski definition) is 3. The van der Waals surface area contributed by atoms with E-state index in [0.29, 0.717) is 0 Å². The third-order valence-electron chi connectivity index (χ3n) is 6.72. The molecule has 1 fully saturated rings. The highest BCUT2D eigenvalue weighted by Crippen LogP contribution is 2.43. The lowest BCUT2D eigenvalue weighted by molar-refractivity contribution is 0.563. The number of rotatable bonds is 6. The van der Waals surface area contributed by atoms with Crippen LogP contribution in [0.25, 0.3) is 0 Å². The van der Waals surface area contributed by atoms with Crippen LogP contribution in [0.5, 0.6) is 0 Å². The van der Waals surface area contributed by atoms with Crippen molar-refractivity contribution in [1.82, 2.24) is 19.9 Å². The summed E-state index contributed by atoms with van der Waals surface area (Å²) in [6, 6.07) is 21.1. The van der Waals surface area contributed by atoms with Crippen molar-refractivity contribution in [2.75, 3.05) is 4.90 Å². The summed E-state index contributed by atoms with van der Waals surface area (Å²) in [5.41, 5.74) is 8.28. The second-order valence-electron chi connectivity index (χ2n) is 8.79. The lowest BCUT2D eigenvalue weighted by Gasteiger charge is -2.28. The Balaban J connectivity index is 1.61. The quantitative estimate of drug-likeness (QED) is 0.370. The maximum Gasteiger partial charge on any atom is 0.174 e. The molecule has 0 saturated carbocycles. The lowest BCUT2D eigenvalue weighted by atomic mass is 9.96. The highest BCUT2D eigenvalue weighted by molar-refractivity contribution is 7.80. The number of thiocarbonyl (C=S) groups is 1. The van der Waals surface area contributed by atoms with Gasteiger partial charge in [-0.2, -0.15) is 0 Å². The molecule has 0 bridgehead atoms. The Morgan fingerprint density at radius 1 is 0.971 bits per heavy atom. The molecule has 2 atom stereocenters. The molecule has 172 valence electrons. The zero-order chi connectivity index (χ0) is 23.7. The van der Waals surface area contributed by atoms with Crippen LogP contribution in [-0.2, 0) is 13.0 Å². The SMILES string of the molecule is CCc1ccc(N2C(=S)NC(c3ccccn3)C2c2cc(C)n(Cc3cccnc3)c2C)cc1. The van der Waals surface area contributed by atoms with E-state index in [1.165, 1.54) is 28.1 Å². The molecule has 1 aliphatic rings. The third kappa shape index (κ3) is 4.10. The van der Waals surface area contributed by atoms with Crippen LogP contribution in [0.15, 0.2) is 79.3 Å². The molecule has 6 heteroatoms. The first-order valence-corrected chi connectivity index (χ1v) is 12.1. The summed E-state index contributed by atoms with van der Waals surface area (Å²) in [6.45, 7) is 7.33. The van der Waals surface area contributed by atoms with E-state index >= 15 is 0 Å². The Bertz CT molecular complexity index is 1280. The molecule has 1 aliphatic heterocycles. The number of anilines is 1. The molecule has 1 N–H and O–H groups in total. The molecule has 3 aromatic heterocycles. The Kier molecular flexibility index (Phi) is 6.16. The molecule has 4 aromatic rings. The van der Waals surface area contributed by atoms with Gasteiger partial charge in [-0.1, -0.05) is 31.2 Å². The average Bonchev–Trinajstić information content (AvgIpc) is 3.36. The molecule has 5 nitrogen and oxygen atoms in total. The second kappa shape index (κ2) is 9.39. The second-order valence-corrected chi connectivity index (χ2v) is 9.18. The zero-order valence-electron chi connectivity index (χ0n) is 19.8. The summed E-state index contributed by atoms with van der Waals surface area (Å²) < 4.78 is 2.36. The van der Waals surface area contributed by atoms with Crippen molar-refractivity contribution in [2.24, 2.45) is 0 Å². The van der Waals surface area contributed by atoms with Gasteiger partial charge in [0.05, 0.1) is 17.8 Å². The van der Waals surface area contributed by atoms with Crippen LogP contribution in [0, 0.1) is 13.8 Å². The smallest absolute Gasteiger partial charge is 0.174 e. The molecule has 0 aliphatic carbocycles. The molecular formula is C28H29N5S. The molecule has 1 saturated heterocycles. The summed E-state index contributed by atoms with van der Waals surface area (Å²) >= 11 is 5.90. The average molecular weight is 468 g/mol. The van der Waals surface area contributed by atoms with Crippen molar-refractivity contribution in [3.8, 4) is 0 Å². The van der Waals surface area contributed by atoms with E-state index in [1.807, 2.05) is 36.8 Å². The van der Waals surface area contributed by atoms with Crippen LogP contribution >= 0.6 is 12.2 Å². The van der Waals surface area contributed by atoms with Gasteiger partial charge in [0, 0.05) is 42.2 Å². The normalized spacial score (nSPS) is 17.7. The molecule has 5 rings (SSSR count). The topological polar surface area (TPSA) is 46.0 Å². The first kappa shape index (κ1) is 22.3. The first-order chi connectivity index (χ1) is 16.6. The molecule has 34 heavy (non-hydrogen) atoms. The van der Waals surface area contributed by atoms with Gasteiger partial charge in [-0.25, -0.2) is 0 Å². The summed E-state index contributed by atoms with van der Waals surface area (Å²) in [7, 11) is 0. The van der Waals surface area contributed by atoms with Gasteiger partial charge in [0.25, 0.3) is 0 Å². The number of aromatic nitrogens is 3. The number of nitrogens with one attached hydrogen (secondary N) is 1. The minimum absolute atomic E-state index is 0.0104. The standard InChI is InChI=1S/C28H29N5S/c1-4-21-10-12-23(13-11-21)33-27(26(31-28(33)34)25-9-5-6-15-30-25)24-16-19(2)32(20(24)3)18-22-8-7-14-29-17-22/h5-17,26-27H,4,18H2,1-3H3,(H,31,34). The number of hydrogen-bond donors (Lipinski definition) is 1. The van der Waals surface area contributed by atoms with E-state index < -0.39 is 0 Å². The van der Waals surface area contributed by atoms with Gasteiger partial charge in [0.2, 0.25) is 0 Å². The Labute approximate surface area is 206 Å². The lowest BCUT2D eigenvalue weighted by Crippen LogP contribution is -2.29. The van der Waals surface area contributed by atoms with Gasteiger partial charge in [-0.3, -0.25) is 9.97 Å². The van der Waals surface area contributed by atoms with Crippen LogP contribution in [0.3, 0.4) is 0 Å². The van der Waals surface area contributed by atoms with E-state index in [2.05, 4.69) is 88.0 Å². The monoisotopic (exact) mass is 467 g/mol. The van der Waals surface area contributed by atoms with Gasteiger partial charge in [0.15, 0.2) is 5.11 Å². The summed E-state index contributed by atoms with van der Waals surface area (Å²) in [5.74, 6) is 0. The molecule has 0 amide bonds. The van der Waals surface area contributed by atoms with Crippen molar-refractivity contribution in [1.29, 1.82) is 0 Å². The molecule has 2 unspecified atom stereocenters. The predicted molar refractivity (Wildman–Crippen MR) is 141 cm³/mol. The van der Waals surface area contributed by atoms with Crippen molar-refractivity contribution in [3.05, 3.63) is 113 Å². The molecule has 0 spiro atoms. The van der Waals surface area contributed by atoms with E-state index in [1.54, 1.807) is 0 Å². The van der Waals surface area contributed by atoms with E-state index in [0.717, 1.165) is 29.5 Å². The molecule has 0 radical (unpaired) electrons. The fourth-order valence-electron chi connectivity index (χ4n) is 4.89. The zero-order valence-corrected chi connectivity index (χ0v) is 20.6. The number of nitrogens with zero attached hydrogens (tertiary/aromatic N) is 4. The number of aryl methyl sites for hydroxylation is 2. The highest BCUT2D eigenvalue weighted by atomic mass is 32.1. The van der Waals surface area contributed by atoms with Crippen LogP contribution in [0.1, 0.15) is 52.8 Å². The van der Waals surface area contributed by atoms with Crippen LogP contribution in [0.4, 0.5) is 5.69 Å². The maximum absolute atomic E-state index is 5.90. The fourth-order valence-corrected chi connectivity index (χ4v) is 5.23. The van der Waals surface area contributed by atoms with E-state index in [-0.39, 0.29) is 12.1 Å². The van der Waals surface area contributed by atoms with E-state index in [9.17, 15) is 0 Å². The minimum Gasteiger partial charge on any atom is -0.351 e. The summed E-state index contributed by atoms with van der Waals surface area (Å²) in [6.07, 6.45) is 6.61. The predicted octanol–water partition coefficient (Wildman–Crippen LogP) is 5.68. The van der Waals surface area contributed by atoms with Crippen LogP contribution in [-0.4, -0.2) is 19.6 Å². The van der Waals surface area contributed by atoms with Crippen LogP contribution < -0.4 is 10.2 Å². The number of benzene rings is 1. The third-order valence-corrected chi connectivity index (χ3v) is 7.03. The highest BCUT2D eigenvalue weighted by Gasteiger charge is 2.42. The van der Waals surface area contributed by atoms with Crippen LogP contribution in [0.2, 0.25) is 0 Å². The van der Waals surface area contributed by atoms with Gasteiger partial charge < -0.3 is 14.8 Å². The van der Waals surface area contributed by atoms with Crippen molar-refractivity contribution in [2.45, 2.75) is 45.8 Å². The Morgan fingerprint density at radius 3 is 2.47 bits per heavy atom. The maximum atomic E-state index is 5.90. The van der Waals surface area contributed by atoms with Gasteiger partial charge in [0.1, 0.15) is 0 Å². The van der Waals surface area contributed by atoms with Gasteiger partial charge >= 0.3 is 0 Å². The van der Waals surface area contributed by atoms with Crippen molar-refractivity contribution in [3.63, 3.8) is 0 Å². The van der Waals surface area contributed by atoms with Crippen molar-refractivity contribution < 1.29 is 0 Å². The first-order valence-electron chi connectivity index (χ1n) is 11.7. The molecule has 1 aromatic carbocycles. The fraction of sp³-hybridized carbons (Fsp3) is 0.250. The minimum atomic E-state index is -0.0492. The summed E-state index contributed by atoms with van der Waals surface area (Å²) in [5, 5.41) is 4.30. The molecular weight excluding hydrogens is 438 g/mol. The largest absolute Gasteiger partial charge is 0.351 e. The Morgan fingerprint density at radius 2 is 1.79 bits per heavy atom. The Hall–Kier alpha value is -3.51. The molecule has 4 heterocycles.